The number of aromatic nitrogens is 2. The fourth-order valence-electron chi connectivity index (χ4n) is 3.86. The van der Waals surface area contributed by atoms with Crippen molar-refractivity contribution in [2.24, 2.45) is 0 Å². The van der Waals surface area contributed by atoms with Crippen molar-refractivity contribution < 1.29 is 128 Å². The molecule has 320 valence electrons. The van der Waals surface area contributed by atoms with Gasteiger partial charge in [-0.1, -0.05) is 0 Å². The van der Waals surface area contributed by atoms with Gasteiger partial charge in [0.15, 0.2) is 65.6 Å². The number of alkyl halides is 18. The van der Waals surface area contributed by atoms with E-state index in [4.69, 9.17) is 0 Å². The van der Waals surface area contributed by atoms with Gasteiger partial charge in [-0.2, -0.15) is 89.0 Å². The Labute approximate surface area is 292 Å². The lowest BCUT2D eigenvalue weighted by molar-refractivity contribution is -0.398. The van der Waals surface area contributed by atoms with Gasteiger partial charge in [-0.15, -0.1) is 0 Å². The molecule has 3 rings (SSSR count). The van der Waals surface area contributed by atoms with Crippen LogP contribution in [-0.2, 0) is 0 Å². The minimum atomic E-state index is -7.66. The number of hydrogen-bond acceptors (Lipinski definition) is 4. The zero-order valence-corrected chi connectivity index (χ0v) is 25.4. The van der Waals surface area contributed by atoms with Crippen LogP contribution in [-0.4, -0.2) is 71.1 Å². The lowest BCUT2D eigenvalue weighted by Gasteiger charge is -2.33. The number of rotatable bonds is 12. The lowest BCUT2D eigenvalue weighted by atomic mass is 9.98. The Morgan fingerprint density at radius 1 is 0.351 bits per heavy atom. The van der Waals surface area contributed by atoms with E-state index < -0.39 is 154 Å². The van der Waals surface area contributed by atoms with Gasteiger partial charge in [0, 0.05) is 0 Å². The summed E-state index contributed by atoms with van der Waals surface area (Å²) >= 11 is 0. The molecule has 0 saturated carbocycles. The molecule has 0 aliphatic heterocycles. The first kappa shape index (κ1) is 46.6. The van der Waals surface area contributed by atoms with E-state index in [1.54, 1.807) is 0 Å². The normalized spacial score (nSPS) is 14.0. The van der Waals surface area contributed by atoms with Crippen molar-refractivity contribution >= 4 is 0 Å². The Morgan fingerprint density at radius 3 is 0.877 bits per heavy atom. The molecule has 0 unspecified atom stereocenters. The van der Waals surface area contributed by atoms with E-state index in [0.29, 0.717) is 0 Å². The van der Waals surface area contributed by atoms with Crippen LogP contribution in [0, 0.1) is 52.4 Å². The monoisotopic (exact) mass is 890 g/mol. The maximum absolute atomic E-state index is 15.2. The summed E-state index contributed by atoms with van der Waals surface area (Å²) in [6, 6.07) is -0.707. The first-order valence-corrected chi connectivity index (χ1v) is 13.3. The van der Waals surface area contributed by atoms with E-state index in [0.717, 1.165) is 0 Å². The highest BCUT2D eigenvalue weighted by molar-refractivity contribution is 5.72. The third-order valence-corrected chi connectivity index (χ3v) is 6.85. The summed E-state index contributed by atoms with van der Waals surface area (Å²) in [5.74, 6) is -79.9. The molecule has 0 amide bonds. The van der Waals surface area contributed by atoms with Gasteiger partial charge in [-0.25, -0.2) is 39.5 Å². The first-order valence-electron chi connectivity index (χ1n) is 13.3. The van der Waals surface area contributed by atoms with Crippen LogP contribution in [0.4, 0.5) is 119 Å². The van der Waals surface area contributed by atoms with Gasteiger partial charge in [0.1, 0.15) is 0 Å². The number of halogens is 27. The highest BCUT2D eigenvalue weighted by Crippen LogP contribution is 2.54. The molecular formula is C26H5F27N2O2. The summed E-state index contributed by atoms with van der Waals surface area (Å²) < 4.78 is 375. The largest absolute Gasteiger partial charge is 0.471 e. The summed E-state index contributed by atoms with van der Waals surface area (Å²) in [5, 5.41) is 0. The summed E-state index contributed by atoms with van der Waals surface area (Å²) in [4.78, 5) is 5.02. The molecule has 0 fully saturated rings. The molecule has 3 aromatic rings. The maximum Gasteiger partial charge on any atom is 0.460 e. The Balaban J connectivity index is 2.29. The number of hydrogen-bond donors (Lipinski definition) is 0. The Kier molecular flexibility index (Phi) is 11.7. The van der Waals surface area contributed by atoms with Crippen LogP contribution in [0.15, 0.2) is 6.07 Å². The van der Waals surface area contributed by atoms with Crippen molar-refractivity contribution in [1.82, 2.24) is 9.97 Å². The van der Waals surface area contributed by atoms with Crippen molar-refractivity contribution in [3.05, 3.63) is 58.4 Å². The van der Waals surface area contributed by atoms with Crippen LogP contribution < -0.4 is 9.47 Å². The van der Waals surface area contributed by atoms with E-state index in [9.17, 15) is 101 Å². The van der Waals surface area contributed by atoms with Crippen molar-refractivity contribution in [3.63, 3.8) is 0 Å². The summed E-state index contributed by atoms with van der Waals surface area (Å²) in [5.41, 5.74) is -8.37. The molecule has 0 spiro atoms. The quantitative estimate of drug-likeness (QED) is 0.103. The summed E-state index contributed by atoms with van der Waals surface area (Å²) in [6.07, 6.45) is -15.0. The molecule has 0 N–H and O–H groups in total. The fourth-order valence-corrected chi connectivity index (χ4v) is 3.86. The second-order valence-electron chi connectivity index (χ2n) is 10.6. The van der Waals surface area contributed by atoms with Crippen LogP contribution in [0.25, 0.3) is 22.5 Å². The van der Waals surface area contributed by atoms with Crippen molar-refractivity contribution in [1.29, 1.82) is 0 Å². The van der Waals surface area contributed by atoms with Gasteiger partial charge < -0.3 is 9.47 Å². The van der Waals surface area contributed by atoms with Gasteiger partial charge in [0.05, 0.1) is 22.8 Å². The average molecular weight is 890 g/mol. The Morgan fingerprint density at radius 2 is 0.596 bits per heavy atom. The van der Waals surface area contributed by atoms with E-state index in [-0.39, 0.29) is 0 Å². The van der Waals surface area contributed by atoms with Crippen LogP contribution in [0.3, 0.4) is 0 Å². The highest BCUT2D eigenvalue weighted by atomic mass is 19.4. The van der Waals surface area contributed by atoms with Gasteiger partial charge in [-0.3, -0.25) is 0 Å². The third kappa shape index (κ3) is 7.43. The molecule has 4 nitrogen and oxygen atoms in total. The van der Waals surface area contributed by atoms with Gasteiger partial charge in [-0.05, 0) is 0 Å². The van der Waals surface area contributed by atoms with Crippen LogP contribution in [0.5, 0.6) is 11.8 Å². The lowest BCUT2D eigenvalue weighted by Crippen LogP contribution is -2.62. The van der Waals surface area contributed by atoms with E-state index >= 15 is 17.6 Å². The minimum Gasteiger partial charge on any atom is -0.471 e. The molecule has 2 aromatic carbocycles. The van der Waals surface area contributed by atoms with Crippen molar-refractivity contribution in [3.8, 4) is 34.3 Å². The molecule has 1 heterocycles. The molecule has 0 radical (unpaired) electrons. The Hall–Kier alpha value is -4.77. The van der Waals surface area contributed by atoms with Gasteiger partial charge in [0.25, 0.3) is 0 Å². The number of nitrogens with zero attached hydrogens (tertiary/aromatic N) is 2. The van der Waals surface area contributed by atoms with Gasteiger partial charge >= 0.3 is 47.9 Å². The van der Waals surface area contributed by atoms with Crippen molar-refractivity contribution in [2.45, 2.75) is 47.9 Å². The first-order chi connectivity index (χ1) is 25.3. The van der Waals surface area contributed by atoms with Crippen LogP contribution in [0.2, 0.25) is 0 Å². The zero-order valence-electron chi connectivity index (χ0n) is 25.4. The highest BCUT2D eigenvalue weighted by Gasteiger charge is 2.83. The molecule has 57 heavy (non-hydrogen) atoms. The maximum atomic E-state index is 15.2. The van der Waals surface area contributed by atoms with Crippen LogP contribution >= 0.6 is 0 Å². The standard InChI is InChI=1S/C26H5F27N2O2/c27-9-6(7-11(29)15(33)17(35)16(34)12(7)30)10(28)14(32)8(13(9)31)18-54-4(56-2-19(36,37)21(40,41)23(44,45)25(48,49)50)1-5(55-18)57-3-20(38,39)22(42,43)24(46,47)26(51,52)53/h1H,2-3H2. The van der Waals surface area contributed by atoms with Crippen molar-refractivity contribution in [2.75, 3.05) is 13.2 Å². The summed E-state index contributed by atoms with van der Waals surface area (Å²) in [6.45, 7) is -7.14. The predicted molar refractivity (Wildman–Crippen MR) is 125 cm³/mol. The van der Waals surface area contributed by atoms with E-state index in [1.807, 2.05) is 0 Å². The molecule has 1 aromatic heterocycles. The second-order valence-corrected chi connectivity index (χ2v) is 10.6. The zero-order chi connectivity index (χ0) is 44.6. The smallest absolute Gasteiger partial charge is 0.460 e. The third-order valence-electron chi connectivity index (χ3n) is 6.85. The molecule has 31 heteroatoms. The van der Waals surface area contributed by atoms with E-state index in [1.165, 1.54) is 0 Å². The van der Waals surface area contributed by atoms with E-state index in [2.05, 4.69) is 19.4 Å². The molecule has 0 atom stereocenters. The molecular weight excluding hydrogens is 885 g/mol. The van der Waals surface area contributed by atoms with Gasteiger partial charge in [0.2, 0.25) is 17.6 Å². The average Bonchev–Trinajstić information content (AvgIpc) is 3.07. The fraction of sp³-hybridized carbons (Fsp3) is 0.385. The predicted octanol–water partition coefficient (Wildman–Crippen LogP) is 10.8. The summed E-state index contributed by atoms with van der Waals surface area (Å²) in [7, 11) is 0. The molecule has 0 aliphatic rings. The Bertz CT molecular complexity index is 1910. The SMILES string of the molecule is Fc1c(F)c(F)c(-c2c(F)c(F)c(-c3nc(OCC(F)(F)C(F)(F)C(F)(F)C(F)(F)F)cc(OCC(F)(F)C(F)(F)C(F)(F)C(F)(F)F)n3)c(F)c2F)c(F)c1F. The second kappa shape index (κ2) is 14.3. The molecule has 0 bridgehead atoms. The molecule has 0 aliphatic carbocycles. The topological polar surface area (TPSA) is 44.2 Å². The minimum absolute atomic E-state index is 0.707. The molecule has 0 saturated heterocycles. The number of ether oxygens (including phenoxy) is 2. The van der Waals surface area contributed by atoms with Crippen LogP contribution in [0.1, 0.15) is 0 Å². The number of benzene rings is 2.